The number of aryl methyl sites for hydroxylation is 1. The van der Waals surface area contributed by atoms with Gasteiger partial charge >= 0.3 is 0 Å². The van der Waals surface area contributed by atoms with E-state index in [2.05, 4.69) is 36.1 Å². The highest BCUT2D eigenvalue weighted by Gasteiger charge is 2.28. The van der Waals surface area contributed by atoms with Gasteiger partial charge in [0.05, 0.1) is 11.4 Å². The fourth-order valence-corrected chi connectivity index (χ4v) is 5.35. The molecule has 0 bridgehead atoms. The van der Waals surface area contributed by atoms with E-state index in [1.165, 1.54) is 6.33 Å². The number of rotatable bonds is 5. The minimum absolute atomic E-state index is 0.0486. The molecule has 0 aliphatic carbocycles. The van der Waals surface area contributed by atoms with E-state index in [1.54, 1.807) is 0 Å². The molecular formula is C32H37N7O2. The third-order valence-electron chi connectivity index (χ3n) is 7.33. The van der Waals surface area contributed by atoms with Crippen LogP contribution in [0.2, 0.25) is 0 Å². The van der Waals surface area contributed by atoms with Crippen LogP contribution in [0.1, 0.15) is 62.5 Å². The van der Waals surface area contributed by atoms with E-state index in [0.29, 0.717) is 46.9 Å². The second-order valence-electron chi connectivity index (χ2n) is 11.9. The first-order valence-electron chi connectivity index (χ1n) is 14.0. The van der Waals surface area contributed by atoms with Crippen molar-refractivity contribution >= 4 is 34.4 Å². The summed E-state index contributed by atoms with van der Waals surface area (Å²) in [5.41, 5.74) is 11.7. The molecule has 0 spiro atoms. The summed E-state index contributed by atoms with van der Waals surface area (Å²) < 4.78 is 1.94. The standard InChI is InChI=1S/C32H37N7O2/c1-20-6-8-23(9-7-20)30(40)36-24-12-10-22(11-13-24)27-26-28(33)34-19-35-29(26)39(37-27)25-14-16-38(17-15-25)31(41)21(2)18-32(3,4)5/h6-13,18-19,25H,14-17H2,1-5H3,(H,36,40)(H2,33,34,35)/b21-18-. The first-order valence-corrected chi connectivity index (χ1v) is 14.0. The molecule has 9 nitrogen and oxygen atoms in total. The van der Waals surface area contributed by atoms with Crippen molar-refractivity contribution in [2.45, 2.75) is 53.5 Å². The Labute approximate surface area is 240 Å². The maximum atomic E-state index is 13.0. The molecule has 1 aliphatic heterocycles. The molecule has 2 aromatic heterocycles. The van der Waals surface area contributed by atoms with Crippen LogP contribution >= 0.6 is 0 Å². The number of likely N-dealkylation sites (tertiary alicyclic amines) is 1. The van der Waals surface area contributed by atoms with Crippen molar-refractivity contribution < 1.29 is 9.59 Å². The van der Waals surface area contributed by atoms with Gasteiger partial charge in [-0.05, 0) is 56.4 Å². The Balaban J connectivity index is 1.36. The third kappa shape index (κ3) is 6.14. The quantitative estimate of drug-likeness (QED) is 0.303. The molecule has 0 radical (unpaired) electrons. The third-order valence-corrected chi connectivity index (χ3v) is 7.33. The van der Waals surface area contributed by atoms with Crippen LogP contribution in [0.5, 0.6) is 0 Å². The van der Waals surface area contributed by atoms with Crippen molar-refractivity contribution in [3.8, 4) is 11.3 Å². The van der Waals surface area contributed by atoms with Crippen LogP contribution in [0.25, 0.3) is 22.3 Å². The first kappa shape index (κ1) is 28.0. The number of amides is 2. The molecule has 9 heteroatoms. The number of benzene rings is 2. The van der Waals surface area contributed by atoms with Crippen LogP contribution in [0.3, 0.4) is 0 Å². The summed E-state index contributed by atoms with van der Waals surface area (Å²) in [6.45, 7) is 11.5. The summed E-state index contributed by atoms with van der Waals surface area (Å²) >= 11 is 0. The van der Waals surface area contributed by atoms with Gasteiger partial charge in [0, 0.05) is 35.5 Å². The maximum absolute atomic E-state index is 13.0. The van der Waals surface area contributed by atoms with Crippen molar-refractivity contribution in [1.82, 2.24) is 24.6 Å². The molecule has 3 heterocycles. The lowest BCUT2D eigenvalue weighted by atomic mass is 9.93. The highest BCUT2D eigenvalue weighted by Crippen LogP contribution is 2.35. The predicted octanol–water partition coefficient (Wildman–Crippen LogP) is 5.79. The molecule has 1 aliphatic rings. The van der Waals surface area contributed by atoms with Gasteiger partial charge in [0.2, 0.25) is 5.91 Å². The van der Waals surface area contributed by atoms with Gasteiger partial charge in [-0.15, -0.1) is 0 Å². The van der Waals surface area contributed by atoms with Crippen molar-refractivity contribution in [2.24, 2.45) is 5.41 Å². The second kappa shape index (κ2) is 11.2. The fourth-order valence-electron chi connectivity index (χ4n) is 5.35. The van der Waals surface area contributed by atoms with E-state index < -0.39 is 0 Å². The number of carbonyl (C=O) groups is 2. The summed E-state index contributed by atoms with van der Waals surface area (Å²) in [5.74, 6) is 0.285. The van der Waals surface area contributed by atoms with E-state index in [-0.39, 0.29) is 23.3 Å². The van der Waals surface area contributed by atoms with Crippen LogP contribution in [0.15, 0.2) is 66.5 Å². The van der Waals surface area contributed by atoms with Gasteiger partial charge in [-0.2, -0.15) is 5.10 Å². The normalized spacial score (nSPS) is 14.9. The maximum Gasteiger partial charge on any atom is 0.255 e. The van der Waals surface area contributed by atoms with Crippen LogP contribution in [-0.2, 0) is 4.79 Å². The number of anilines is 2. The van der Waals surface area contributed by atoms with Crippen molar-refractivity contribution in [3.05, 3.63) is 77.6 Å². The van der Waals surface area contributed by atoms with Gasteiger partial charge in [0.15, 0.2) is 5.65 Å². The Hall–Kier alpha value is -4.53. The highest BCUT2D eigenvalue weighted by molar-refractivity contribution is 6.04. The largest absolute Gasteiger partial charge is 0.383 e. The lowest BCUT2D eigenvalue weighted by Gasteiger charge is -2.32. The number of nitrogen functional groups attached to an aromatic ring is 1. The number of allylic oxidation sites excluding steroid dienone is 1. The molecule has 1 fully saturated rings. The molecule has 0 atom stereocenters. The van der Waals surface area contributed by atoms with E-state index >= 15 is 0 Å². The lowest BCUT2D eigenvalue weighted by Crippen LogP contribution is -2.39. The summed E-state index contributed by atoms with van der Waals surface area (Å²) in [6, 6.07) is 15.1. The SMILES string of the molecule is C/C(=C/C(C)(C)C)C(=O)N1CCC(n2nc(-c3ccc(NC(=O)c4ccc(C)cc4)cc3)c3c(N)ncnc32)CC1. The number of hydrogen-bond acceptors (Lipinski definition) is 6. The molecule has 1 saturated heterocycles. The van der Waals surface area contributed by atoms with Crippen LogP contribution in [0, 0.1) is 12.3 Å². The number of fused-ring (bicyclic) bond motifs is 1. The van der Waals surface area contributed by atoms with Crippen LogP contribution in [0.4, 0.5) is 11.5 Å². The molecule has 0 unspecified atom stereocenters. The van der Waals surface area contributed by atoms with Gasteiger partial charge in [-0.1, -0.05) is 56.7 Å². The van der Waals surface area contributed by atoms with E-state index in [9.17, 15) is 9.59 Å². The average Bonchev–Trinajstić information content (AvgIpc) is 3.33. The first-order chi connectivity index (χ1) is 19.5. The van der Waals surface area contributed by atoms with Gasteiger partial charge in [0.25, 0.3) is 5.91 Å². The molecular weight excluding hydrogens is 514 g/mol. The zero-order valence-electron chi connectivity index (χ0n) is 24.3. The van der Waals surface area contributed by atoms with Gasteiger partial charge in [-0.3, -0.25) is 9.59 Å². The van der Waals surface area contributed by atoms with E-state index in [1.807, 2.05) is 78.0 Å². The zero-order valence-corrected chi connectivity index (χ0v) is 24.3. The minimum atomic E-state index is -0.168. The van der Waals surface area contributed by atoms with Gasteiger partial charge in [0.1, 0.15) is 17.8 Å². The molecule has 41 heavy (non-hydrogen) atoms. The topological polar surface area (TPSA) is 119 Å². The average molecular weight is 552 g/mol. The Bertz CT molecular complexity index is 1610. The molecule has 4 aromatic rings. The molecule has 0 saturated carbocycles. The summed E-state index contributed by atoms with van der Waals surface area (Å²) in [4.78, 5) is 36.4. The lowest BCUT2D eigenvalue weighted by molar-refractivity contribution is -0.128. The van der Waals surface area contributed by atoms with E-state index in [0.717, 1.165) is 29.5 Å². The predicted molar refractivity (Wildman–Crippen MR) is 162 cm³/mol. The summed E-state index contributed by atoms with van der Waals surface area (Å²) in [7, 11) is 0. The Morgan fingerprint density at radius 3 is 2.29 bits per heavy atom. The highest BCUT2D eigenvalue weighted by atomic mass is 16.2. The number of nitrogens with one attached hydrogen (secondary N) is 1. The van der Waals surface area contributed by atoms with Crippen molar-refractivity contribution in [1.29, 1.82) is 0 Å². The molecule has 212 valence electrons. The summed E-state index contributed by atoms with van der Waals surface area (Å²) in [6.07, 6.45) is 5.02. The minimum Gasteiger partial charge on any atom is -0.383 e. The molecule has 2 amide bonds. The van der Waals surface area contributed by atoms with Crippen molar-refractivity contribution in [3.63, 3.8) is 0 Å². The van der Waals surface area contributed by atoms with Crippen LogP contribution < -0.4 is 11.1 Å². The second-order valence-corrected chi connectivity index (χ2v) is 11.9. The number of aromatic nitrogens is 4. The Morgan fingerprint density at radius 2 is 1.66 bits per heavy atom. The van der Waals surface area contributed by atoms with E-state index in [4.69, 9.17) is 10.8 Å². The molecule has 2 aromatic carbocycles. The number of nitrogens with two attached hydrogens (primary N) is 1. The number of piperidine rings is 1. The number of carbonyl (C=O) groups excluding carboxylic acids is 2. The monoisotopic (exact) mass is 551 g/mol. The van der Waals surface area contributed by atoms with Gasteiger partial charge < -0.3 is 16.0 Å². The number of nitrogens with zero attached hydrogens (tertiary/aromatic N) is 5. The Kier molecular flexibility index (Phi) is 7.62. The van der Waals surface area contributed by atoms with Crippen molar-refractivity contribution in [2.75, 3.05) is 24.1 Å². The Morgan fingerprint density at radius 1 is 1.00 bits per heavy atom. The van der Waals surface area contributed by atoms with Crippen LogP contribution in [-0.4, -0.2) is 49.6 Å². The molecule has 5 rings (SSSR count). The fraction of sp³-hybridized carbons (Fsp3) is 0.344. The number of hydrogen-bond donors (Lipinski definition) is 2. The smallest absolute Gasteiger partial charge is 0.255 e. The zero-order chi connectivity index (χ0) is 29.3. The summed E-state index contributed by atoms with van der Waals surface area (Å²) in [5, 5.41) is 8.62. The molecule has 3 N–H and O–H groups in total. The van der Waals surface area contributed by atoms with Gasteiger partial charge in [-0.25, -0.2) is 14.6 Å².